The number of aromatic nitrogens is 3. The highest BCUT2D eigenvalue weighted by molar-refractivity contribution is 5.94. The molecule has 6 heteroatoms. The molecule has 6 nitrogen and oxygen atoms in total. The number of hydrogen-bond acceptors (Lipinski definition) is 6. The molecule has 34 heavy (non-hydrogen) atoms. The van der Waals surface area contributed by atoms with Crippen molar-refractivity contribution in [1.29, 1.82) is 0 Å². The van der Waals surface area contributed by atoms with Crippen LogP contribution < -0.4 is 16.0 Å². The quantitative estimate of drug-likeness (QED) is 0.466. The Balaban J connectivity index is 1.46. The van der Waals surface area contributed by atoms with Gasteiger partial charge in [-0.1, -0.05) is 43.3 Å². The average molecular weight is 451 g/mol. The molecule has 4 aromatic rings. The van der Waals surface area contributed by atoms with Crippen LogP contribution in [-0.4, -0.2) is 40.1 Å². The van der Waals surface area contributed by atoms with Crippen molar-refractivity contribution in [3.8, 4) is 22.6 Å². The first-order valence-corrected chi connectivity index (χ1v) is 12.2. The molecule has 0 amide bonds. The summed E-state index contributed by atoms with van der Waals surface area (Å²) in [5, 5.41) is 4.81. The molecule has 2 aliphatic heterocycles. The van der Waals surface area contributed by atoms with Gasteiger partial charge in [0.2, 0.25) is 0 Å². The third-order valence-electron chi connectivity index (χ3n) is 7.25. The molecule has 2 fully saturated rings. The molecule has 0 spiro atoms. The van der Waals surface area contributed by atoms with Gasteiger partial charge in [0.1, 0.15) is 5.82 Å². The van der Waals surface area contributed by atoms with Gasteiger partial charge in [0.05, 0.1) is 11.2 Å². The third kappa shape index (κ3) is 3.63. The van der Waals surface area contributed by atoms with E-state index in [1.807, 2.05) is 19.2 Å². The molecule has 4 heterocycles. The monoisotopic (exact) mass is 450 g/mol. The Kier molecular flexibility index (Phi) is 5.27. The Labute approximate surface area is 200 Å². The minimum Gasteiger partial charge on any atom is -0.350 e. The first kappa shape index (κ1) is 21.2. The normalized spacial score (nSPS) is 20.3. The van der Waals surface area contributed by atoms with Gasteiger partial charge in [0.25, 0.3) is 0 Å². The van der Waals surface area contributed by atoms with Gasteiger partial charge in [-0.05, 0) is 49.1 Å². The van der Waals surface area contributed by atoms with Gasteiger partial charge in [-0.3, -0.25) is 4.98 Å². The predicted octanol–water partition coefficient (Wildman–Crippen LogP) is 4.49. The van der Waals surface area contributed by atoms with Crippen molar-refractivity contribution in [1.82, 2.24) is 20.3 Å². The van der Waals surface area contributed by atoms with Crippen LogP contribution in [0.5, 0.6) is 0 Å². The van der Waals surface area contributed by atoms with E-state index in [2.05, 4.69) is 70.7 Å². The van der Waals surface area contributed by atoms with E-state index in [0.717, 1.165) is 59.1 Å². The number of nitrogens with two attached hydrogens (primary N) is 1. The maximum atomic E-state index is 6.02. The summed E-state index contributed by atoms with van der Waals surface area (Å²) in [5.74, 6) is 1.83. The van der Waals surface area contributed by atoms with Gasteiger partial charge in [-0.2, -0.15) is 0 Å². The van der Waals surface area contributed by atoms with E-state index >= 15 is 0 Å². The Hall–Kier alpha value is -3.35. The first-order chi connectivity index (χ1) is 16.6. The summed E-state index contributed by atoms with van der Waals surface area (Å²) in [5.41, 5.74) is 12.4. The molecular formula is C28H30N6. The lowest BCUT2D eigenvalue weighted by Gasteiger charge is -2.30. The lowest BCUT2D eigenvalue weighted by Crippen LogP contribution is -2.44. The van der Waals surface area contributed by atoms with Crippen molar-refractivity contribution in [2.24, 2.45) is 5.73 Å². The molecule has 2 saturated heterocycles. The van der Waals surface area contributed by atoms with E-state index in [9.17, 15) is 0 Å². The molecule has 3 atom stereocenters. The van der Waals surface area contributed by atoms with Crippen LogP contribution in [-0.2, 0) is 6.42 Å². The van der Waals surface area contributed by atoms with Crippen LogP contribution in [0.3, 0.4) is 0 Å². The van der Waals surface area contributed by atoms with Crippen LogP contribution in [0.15, 0.2) is 60.8 Å². The number of nitrogens with one attached hydrogen (secondary N) is 1. The largest absolute Gasteiger partial charge is 0.350 e. The van der Waals surface area contributed by atoms with Crippen molar-refractivity contribution in [2.75, 3.05) is 18.0 Å². The van der Waals surface area contributed by atoms with Gasteiger partial charge in [0, 0.05) is 53.9 Å². The van der Waals surface area contributed by atoms with Crippen LogP contribution in [0.2, 0.25) is 0 Å². The minimum absolute atomic E-state index is 0.0156. The van der Waals surface area contributed by atoms with Crippen LogP contribution in [0, 0.1) is 0 Å². The number of rotatable bonds is 5. The number of piperazine rings is 1. The molecule has 0 saturated carbocycles. The second-order valence-corrected chi connectivity index (χ2v) is 9.52. The fraction of sp³-hybridized carbons (Fsp3) is 0.321. The van der Waals surface area contributed by atoms with Crippen LogP contribution >= 0.6 is 0 Å². The molecular weight excluding hydrogens is 420 g/mol. The molecule has 6 rings (SSSR count). The number of benzene rings is 2. The predicted molar refractivity (Wildman–Crippen MR) is 138 cm³/mol. The van der Waals surface area contributed by atoms with Gasteiger partial charge in [-0.15, -0.1) is 0 Å². The smallest absolute Gasteiger partial charge is 0.162 e. The van der Waals surface area contributed by atoms with E-state index in [1.165, 1.54) is 17.4 Å². The Morgan fingerprint density at radius 1 is 1.09 bits per heavy atom. The minimum atomic E-state index is 0.0156. The maximum Gasteiger partial charge on any atom is 0.162 e. The summed E-state index contributed by atoms with van der Waals surface area (Å²) >= 11 is 0. The Morgan fingerprint density at radius 3 is 2.65 bits per heavy atom. The van der Waals surface area contributed by atoms with Crippen molar-refractivity contribution >= 4 is 16.7 Å². The van der Waals surface area contributed by atoms with Crippen molar-refractivity contribution < 1.29 is 0 Å². The standard InChI is InChI=1S/C28H30N6/c1-3-18-5-4-6-24-26(18)28(34-16-22-14-23(34)15-31-22)33-27(32-24)21-11-12-30-25(13-21)20-9-7-19(8-10-20)17(2)29/h4-13,17,22-23,31H,3,14-16,29H2,1-2H3/t17-,22-,23-/m0/s1. The van der Waals surface area contributed by atoms with Gasteiger partial charge in [0.15, 0.2) is 5.82 Å². The molecule has 172 valence electrons. The van der Waals surface area contributed by atoms with E-state index in [1.54, 1.807) is 0 Å². The number of anilines is 1. The second-order valence-electron chi connectivity index (χ2n) is 9.52. The second kappa shape index (κ2) is 8.46. The summed E-state index contributed by atoms with van der Waals surface area (Å²) in [6, 6.07) is 19.9. The lowest BCUT2D eigenvalue weighted by molar-refractivity contribution is 0.577. The Bertz CT molecular complexity index is 1350. The van der Waals surface area contributed by atoms with Gasteiger partial charge in [-0.25, -0.2) is 9.97 Å². The maximum absolute atomic E-state index is 6.02. The van der Waals surface area contributed by atoms with Crippen molar-refractivity contribution in [2.45, 2.75) is 44.8 Å². The zero-order valence-corrected chi connectivity index (χ0v) is 19.7. The number of nitrogens with zero attached hydrogens (tertiary/aromatic N) is 4. The zero-order valence-electron chi connectivity index (χ0n) is 19.7. The number of fused-ring (bicyclic) bond motifs is 3. The zero-order chi connectivity index (χ0) is 23.2. The highest BCUT2D eigenvalue weighted by Gasteiger charge is 2.39. The molecule has 2 aliphatic rings. The molecule has 3 N–H and O–H groups in total. The lowest BCUT2D eigenvalue weighted by atomic mass is 10.0. The van der Waals surface area contributed by atoms with Gasteiger partial charge < -0.3 is 16.0 Å². The fourth-order valence-corrected chi connectivity index (χ4v) is 5.37. The molecule has 0 radical (unpaired) electrons. The fourth-order valence-electron chi connectivity index (χ4n) is 5.37. The highest BCUT2D eigenvalue weighted by atomic mass is 15.3. The molecule has 2 aromatic heterocycles. The molecule has 2 aromatic carbocycles. The summed E-state index contributed by atoms with van der Waals surface area (Å²) in [6.45, 7) is 6.23. The number of hydrogen-bond donors (Lipinski definition) is 2. The molecule has 0 aliphatic carbocycles. The summed E-state index contributed by atoms with van der Waals surface area (Å²) < 4.78 is 0. The van der Waals surface area contributed by atoms with E-state index in [0.29, 0.717) is 12.1 Å². The SMILES string of the molecule is CCc1cccc2nc(-c3ccnc(-c4ccc([C@H](C)N)cc4)c3)nc(N3C[C@@H]4C[C@H]3CN4)c12. The van der Waals surface area contributed by atoms with Crippen molar-refractivity contribution in [3.63, 3.8) is 0 Å². The molecule has 2 bridgehead atoms. The third-order valence-corrected chi connectivity index (χ3v) is 7.25. The Morgan fingerprint density at radius 2 is 1.94 bits per heavy atom. The topological polar surface area (TPSA) is 80.0 Å². The molecule has 0 unspecified atom stereocenters. The average Bonchev–Trinajstić information content (AvgIpc) is 3.52. The number of aryl methyl sites for hydroxylation is 1. The summed E-state index contributed by atoms with van der Waals surface area (Å²) in [4.78, 5) is 17.3. The van der Waals surface area contributed by atoms with Crippen LogP contribution in [0.25, 0.3) is 33.5 Å². The van der Waals surface area contributed by atoms with Crippen molar-refractivity contribution in [3.05, 3.63) is 71.9 Å². The summed E-state index contributed by atoms with van der Waals surface area (Å²) in [7, 11) is 0. The van der Waals surface area contributed by atoms with Crippen LogP contribution in [0.4, 0.5) is 5.82 Å². The van der Waals surface area contributed by atoms with E-state index in [-0.39, 0.29) is 6.04 Å². The summed E-state index contributed by atoms with van der Waals surface area (Å²) in [6.07, 6.45) is 4.00. The van der Waals surface area contributed by atoms with Gasteiger partial charge >= 0.3 is 0 Å². The first-order valence-electron chi connectivity index (χ1n) is 12.2. The van der Waals surface area contributed by atoms with E-state index in [4.69, 9.17) is 15.7 Å². The van der Waals surface area contributed by atoms with Crippen LogP contribution in [0.1, 0.15) is 37.4 Å². The van der Waals surface area contributed by atoms with E-state index < -0.39 is 0 Å². The highest BCUT2D eigenvalue weighted by Crippen LogP contribution is 2.36. The number of pyridine rings is 1.